The van der Waals surface area contributed by atoms with Crippen molar-refractivity contribution in [3.05, 3.63) is 30.1 Å². The summed E-state index contributed by atoms with van der Waals surface area (Å²) in [6.07, 6.45) is 3.72. The molecule has 1 aliphatic heterocycles. The Labute approximate surface area is 183 Å². The summed E-state index contributed by atoms with van der Waals surface area (Å²) in [5.74, 6) is 1.71. The third kappa shape index (κ3) is 5.35. The molecule has 1 aromatic heterocycles. The molecule has 2 heterocycles. The molecule has 1 aromatic carbocycles. The van der Waals surface area contributed by atoms with E-state index in [9.17, 15) is 4.79 Å². The number of amides is 1. The van der Waals surface area contributed by atoms with Gasteiger partial charge in [0.1, 0.15) is 5.75 Å². The Morgan fingerprint density at radius 1 is 1.07 bits per heavy atom. The number of carbonyl (C=O) groups excluding carboxylic acids is 1. The minimum Gasteiger partial charge on any atom is -0.497 e. The molecule has 164 valence electrons. The molecule has 0 unspecified atom stereocenters. The Hall–Kier alpha value is -2.06. The van der Waals surface area contributed by atoms with E-state index >= 15 is 0 Å². The molecule has 1 saturated heterocycles. The fourth-order valence-corrected chi connectivity index (χ4v) is 4.57. The minimum absolute atomic E-state index is 0.00455. The number of hydrogen-bond acceptors (Lipinski definition) is 6. The lowest BCUT2D eigenvalue weighted by atomic mass is 10.1. The molecule has 2 aromatic rings. The SMILES string of the molecule is COc1ccc(-n2c(S[C@H](C)C(=O)NC(C)C)nnc2[C@@H](C)N2CCCCC2)cc1. The lowest BCUT2D eigenvalue weighted by Gasteiger charge is -2.32. The van der Waals surface area contributed by atoms with Gasteiger partial charge in [0.15, 0.2) is 11.0 Å². The zero-order valence-corrected chi connectivity index (χ0v) is 19.4. The van der Waals surface area contributed by atoms with Crippen molar-refractivity contribution in [3.8, 4) is 11.4 Å². The van der Waals surface area contributed by atoms with Crippen LogP contribution < -0.4 is 10.1 Å². The Kier molecular flexibility index (Phi) is 7.77. The lowest BCUT2D eigenvalue weighted by Crippen LogP contribution is -2.36. The summed E-state index contributed by atoms with van der Waals surface area (Å²) in [6.45, 7) is 10.2. The van der Waals surface area contributed by atoms with Crippen LogP contribution in [0.2, 0.25) is 0 Å². The van der Waals surface area contributed by atoms with Crippen LogP contribution >= 0.6 is 11.8 Å². The highest BCUT2D eigenvalue weighted by Crippen LogP contribution is 2.31. The van der Waals surface area contributed by atoms with Gasteiger partial charge >= 0.3 is 0 Å². The third-order valence-corrected chi connectivity index (χ3v) is 6.43. The number of benzene rings is 1. The Balaban J connectivity index is 1.93. The highest BCUT2D eigenvalue weighted by molar-refractivity contribution is 8.00. The molecule has 0 aliphatic carbocycles. The Morgan fingerprint density at radius 2 is 1.73 bits per heavy atom. The molecular weight excluding hydrogens is 398 g/mol. The molecule has 1 fully saturated rings. The molecule has 1 aliphatic rings. The molecule has 0 bridgehead atoms. The van der Waals surface area contributed by atoms with Crippen LogP contribution in [-0.4, -0.2) is 57.1 Å². The number of ether oxygens (including phenoxy) is 1. The van der Waals surface area contributed by atoms with Gasteiger partial charge in [-0.3, -0.25) is 14.3 Å². The van der Waals surface area contributed by atoms with Gasteiger partial charge in [0.2, 0.25) is 5.91 Å². The van der Waals surface area contributed by atoms with E-state index in [1.807, 2.05) is 45.0 Å². The number of piperidine rings is 1. The van der Waals surface area contributed by atoms with E-state index < -0.39 is 0 Å². The van der Waals surface area contributed by atoms with Crippen LogP contribution in [0, 0.1) is 0 Å². The minimum atomic E-state index is -0.272. The normalized spacial score (nSPS) is 17.0. The van der Waals surface area contributed by atoms with Gasteiger partial charge in [-0.25, -0.2) is 0 Å². The van der Waals surface area contributed by atoms with E-state index in [2.05, 4.69) is 31.9 Å². The second-order valence-corrected chi connectivity index (χ2v) is 9.38. The fourth-order valence-electron chi connectivity index (χ4n) is 3.68. The molecule has 1 N–H and O–H groups in total. The van der Waals surface area contributed by atoms with Gasteiger partial charge in [0.25, 0.3) is 0 Å². The molecule has 30 heavy (non-hydrogen) atoms. The molecule has 1 amide bonds. The van der Waals surface area contributed by atoms with Crippen LogP contribution in [0.4, 0.5) is 0 Å². The number of hydrogen-bond donors (Lipinski definition) is 1. The average Bonchev–Trinajstić information content (AvgIpc) is 3.16. The quantitative estimate of drug-likeness (QED) is 0.641. The van der Waals surface area contributed by atoms with E-state index in [1.165, 1.54) is 31.0 Å². The summed E-state index contributed by atoms with van der Waals surface area (Å²) < 4.78 is 7.40. The van der Waals surface area contributed by atoms with Crippen molar-refractivity contribution in [1.29, 1.82) is 0 Å². The van der Waals surface area contributed by atoms with Gasteiger partial charge in [-0.2, -0.15) is 0 Å². The first-order valence-corrected chi connectivity index (χ1v) is 11.6. The van der Waals surface area contributed by atoms with Crippen molar-refractivity contribution >= 4 is 17.7 Å². The number of methoxy groups -OCH3 is 1. The monoisotopic (exact) mass is 431 g/mol. The maximum atomic E-state index is 12.5. The zero-order valence-electron chi connectivity index (χ0n) is 18.6. The standard InChI is InChI=1S/C22H33N5O2S/c1-15(2)23-21(28)17(4)30-22-25-24-20(16(3)26-13-7-6-8-14-26)27(22)18-9-11-19(29-5)12-10-18/h9-12,15-17H,6-8,13-14H2,1-5H3,(H,23,28)/t16-,17-/m1/s1. The first-order chi connectivity index (χ1) is 14.4. The molecule has 0 saturated carbocycles. The van der Waals surface area contributed by atoms with Crippen LogP contribution in [-0.2, 0) is 4.79 Å². The van der Waals surface area contributed by atoms with Gasteiger partial charge in [0.05, 0.1) is 18.4 Å². The maximum Gasteiger partial charge on any atom is 0.233 e. The van der Waals surface area contributed by atoms with Gasteiger partial charge in [0, 0.05) is 11.7 Å². The second-order valence-electron chi connectivity index (χ2n) is 8.07. The van der Waals surface area contributed by atoms with E-state index in [0.717, 1.165) is 35.5 Å². The molecular formula is C22H33N5O2S. The lowest BCUT2D eigenvalue weighted by molar-refractivity contribution is -0.120. The summed E-state index contributed by atoms with van der Waals surface area (Å²) in [6, 6.07) is 8.15. The van der Waals surface area contributed by atoms with Crippen molar-refractivity contribution in [2.24, 2.45) is 0 Å². The third-order valence-electron chi connectivity index (χ3n) is 5.38. The van der Waals surface area contributed by atoms with Crippen LogP contribution in [0.1, 0.15) is 58.8 Å². The van der Waals surface area contributed by atoms with Crippen molar-refractivity contribution in [1.82, 2.24) is 25.0 Å². The predicted molar refractivity (Wildman–Crippen MR) is 120 cm³/mol. The summed E-state index contributed by atoms with van der Waals surface area (Å²) in [5.41, 5.74) is 0.971. The van der Waals surface area contributed by atoms with E-state index in [-0.39, 0.29) is 23.2 Å². The first-order valence-electron chi connectivity index (χ1n) is 10.7. The molecule has 0 spiro atoms. The van der Waals surface area contributed by atoms with Crippen molar-refractivity contribution in [2.45, 2.75) is 69.4 Å². The average molecular weight is 432 g/mol. The van der Waals surface area contributed by atoms with E-state index in [0.29, 0.717) is 0 Å². The molecule has 8 heteroatoms. The van der Waals surface area contributed by atoms with Crippen LogP contribution in [0.25, 0.3) is 5.69 Å². The summed E-state index contributed by atoms with van der Waals surface area (Å²) in [4.78, 5) is 14.9. The highest BCUT2D eigenvalue weighted by atomic mass is 32.2. The number of rotatable bonds is 8. The molecule has 3 rings (SSSR count). The molecule has 2 atom stereocenters. The number of likely N-dealkylation sites (tertiary alicyclic amines) is 1. The summed E-state index contributed by atoms with van der Waals surface area (Å²) in [7, 11) is 1.66. The maximum absolute atomic E-state index is 12.5. The van der Waals surface area contributed by atoms with Crippen molar-refractivity contribution < 1.29 is 9.53 Å². The number of thioether (sulfide) groups is 1. The first kappa shape index (κ1) is 22.6. The Morgan fingerprint density at radius 3 is 2.33 bits per heavy atom. The number of nitrogens with one attached hydrogen (secondary N) is 1. The molecule has 0 radical (unpaired) electrons. The van der Waals surface area contributed by atoms with Crippen molar-refractivity contribution in [3.63, 3.8) is 0 Å². The van der Waals surface area contributed by atoms with Crippen LogP contribution in [0.5, 0.6) is 5.75 Å². The van der Waals surface area contributed by atoms with E-state index in [4.69, 9.17) is 4.74 Å². The fraction of sp³-hybridized carbons (Fsp3) is 0.591. The number of nitrogens with zero attached hydrogens (tertiary/aromatic N) is 4. The van der Waals surface area contributed by atoms with Gasteiger partial charge in [-0.15, -0.1) is 10.2 Å². The van der Waals surface area contributed by atoms with Crippen molar-refractivity contribution in [2.75, 3.05) is 20.2 Å². The topological polar surface area (TPSA) is 72.3 Å². The smallest absolute Gasteiger partial charge is 0.233 e. The zero-order chi connectivity index (χ0) is 21.7. The number of aromatic nitrogens is 3. The summed E-state index contributed by atoms with van der Waals surface area (Å²) in [5, 5.41) is 12.5. The summed E-state index contributed by atoms with van der Waals surface area (Å²) >= 11 is 1.44. The number of carbonyl (C=O) groups is 1. The van der Waals surface area contributed by atoms with Crippen LogP contribution in [0.3, 0.4) is 0 Å². The largest absolute Gasteiger partial charge is 0.497 e. The highest BCUT2D eigenvalue weighted by Gasteiger charge is 2.27. The van der Waals surface area contributed by atoms with Gasteiger partial charge in [-0.1, -0.05) is 18.2 Å². The predicted octanol–water partition coefficient (Wildman–Crippen LogP) is 3.83. The van der Waals surface area contributed by atoms with Crippen LogP contribution in [0.15, 0.2) is 29.4 Å². The van der Waals surface area contributed by atoms with Gasteiger partial charge < -0.3 is 10.1 Å². The van der Waals surface area contributed by atoms with E-state index in [1.54, 1.807) is 7.11 Å². The second kappa shape index (κ2) is 10.3. The Bertz CT molecular complexity index is 831. The van der Waals surface area contributed by atoms with Gasteiger partial charge in [-0.05, 0) is 77.9 Å². The molecule has 7 nitrogen and oxygen atoms in total.